The number of fused-ring (bicyclic) bond motifs is 1. The van der Waals surface area contributed by atoms with Gasteiger partial charge in [0.15, 0.2) is 12.2 Å². The Kier molecular flexibility index (Phi) is 8.71. The summed E-state index contributed by atoms with van der Waals surface area (Å²) >= 11 is 3.72. The van der Waals surface area contributed by atoms with Crippen LogP contribution in [0, 0.1) is 12.8 Å². The molecular weight excluding hydrogens is 550 g/mol. The van der Waals surface area contributed by atoms with Gasteiger partial charge in [0.1, 0.15) is 24.4 Å². The number of β-amino-alcohol motifs (C(OH)–C–C–N with tert-alkyl or cyclic N) is 1. The number of aliphatic hydroxyl groups excluding tert-OH is 1. The molecule has 0 spiro atoms. The number of carbonyl (C=O) groups excluding carboxylic acids is 1. The molecule has 2 aromatic heterocycles. The summed E-state index contributed by atoms with van der Waals surface area (Å²) in [6.07, 6.45) is 8.95. The molecule has 1 aromatic carbocycles. The Bertz CT molecular complexity index is 1260. The highest BCUT2D eigenvalue weighted by atomic mass is 79.9. The molecule has 3 aromatic rings. The topological polar surface area (TPSA) is 114 Å². The number of oxazole rings is 1. The zero-order valence-corrected chi connectivity index (χ0v) is 23.2. The highest BCUT2D eigenvalue weighted by Crippen LogP contribution is 2.35. The third kappa shape index (κ3) is 6.59. The minimum atomic E-state index is -0.684. The second-order valence-electron chi connectivity index (χ2n) is 10.3. The molecule has 38 heavy (non-hydrogen) atoms. The molecular formula is C28H34BrN5O4. The molecule has 9 nitrogen and oxygen atoms in total. The van der Waals surface area contributed by atoms with Crippen molar-refractivity contribution in [3.05, 3.63) is 69.4 Å². The molecule has 10 heteroatoms. The first kappa shape index (κ1) is 26.8. The van der Waals surface area contributed by atoms with Crippen LogP contribution in [-0.2, 0) is 26.0 Å². The lowest BCUT2D eigenvalue weighted by molar-refractivity contribution is 0.0837. The number of aryl methyl sites for hydroxylation is 1. The van der Waals surface area contributed by atoms with Crippen LogP contribution in [0.15, 0.2) is 39.8 Å². The molecule has 5 rings (SSSR count). The monoisotopic (exact) mass is 583 g/mol. The lowest BCUT2D eigenvalue weighted by Gasteiger charge is -2.31. The van der Waals surface area contributed by atoms with E-state index in [0.29, 0.717) is 30.5 Å². The van der Waals surface area contributed by atoms with Crippen molar-refractivity contribution in [1.29, 1.82) is 0 Å². The number of hydrogen-bond acceptors (Lipinski definition) is 8. The van der Waals surface area contributed by atoms with Gasteiger partial charge in [-0.25, -0.2) is 15.0 Å². The summed E-state index contributed by atoms with van der Waals surface area (Å²) in [5.74, 6) is 1.86. The molecule has 1 aliphatic heterocycles. The number of nitrogens with zero attached hydrogens (tertiary/aromatic N) is 4. The van der Waals surface area contributed by atoms with E-state index in [2.05, 4.69) is 47.2 Å². The highest BCUT2D eigenvalue weighted by molar-refractivity contribution is 9.10. The second-order valence-corrected chi connectivity index (χ2v) is 11.1. The van der Waals surface area contributed by atoms with Gasteiger partial charge in [0.05, 0.1) is 16.3 Å². The second kappa shape index (κ2) is 12.4. The largest absolute Gasteiger partial charge is 0.484 e. The average molecular weight is 585 g/mol. The first-order valence-corrected chi connectivity index (χ1v) is 14.1. The van der Waals surface area contributed by atoms with Crippen LogP contribution >= 0.6 is 15.9 Å². The molecule has 0 bridgehead atoms. The van der Waals surface area contributed by atoms with E-state index in [1.165, 1.54) is 49.5 Å². The molecule has 202 valence electrons. The van der Waals surface area contributed by atoms with Crippen molar-refractivity contribution in [1.82, 2.24) is 25.2 Å². The van der Waals surface area contributed by atoms with E-state index >= 15 is 0 Å². The van der Waals surface area contributed by atoms with Crippen LogP contribution in [0.25, 0.3) is 0 Å². The standard InChI is InChI=1S/C28H34BrN5O4/c1-18-26(38-17-33-18)15-37-25-7-6-20-13-34(9-8-23(20)27(25)29)14-22(35)12-30-28(36)24-11-21(31-16-32-24)10-19-4-2-3-5-19/h6-7,11,16-17,19,22,35H,2-5,8-10,12-15H2,1H3,(H,30,36)/t22-/m0/s1. The summed E-state index contributed by atoms with van der Waals surface area (Å²) in [5, 5.41) is 13.5. The minimum absolute atomic E-state index is 0.168. The third-order valence-corrected chi connectivity index (χ3v) is 8.35. The zero-order valence-electron chi connectivity index (χ0n) is 21.7. The van der Waals surface area contributed by atoms with Gasteiger partial charge < -0.3 is 19.6 Å². The number of carbonyl (C=O) groups is 1. The van der Waals surface area contributed by atoms with Crippen molar-refractivity contribution in [2.75, 3.05) is 19.6 Å². The molecule has 3 heterocycles. The number of benzene rings is 1. The minimum Gasteiger partial charge on any atom is -0.484 e. The maximum Gasteiger partial charge on any atom is 0.270 e. The van der Waals surface area contributed by atoms with Crippen LogP contribution in [0.4, 0.5) is 0 Å². The maximum absolute atomic E-state index is 12.7. The highest BCUT2D eigenvalue weighted by Gasteiger charge is 2.23. The fourth-order valence-corrected chi connectivity index (χ4v) is 6.03. The van der Waals surface area contributed by atoms with Crippen molar-refractivity contribution >= 4 is 21.8 Å². The van der Waals surface area contributed by atoms with E-state index in [1.807, 2.05) is 13.0 Å². The Hall–Kier alpha value is -2.82. The van der Waals surface area contributed by atoms with E-state index in [4.69, 9.17) is 9.15 Å². The number of halogens is 1. The van der Waals surface area contributed by atoms with E-state index in [-0.39, 0.29) is 12.5 Å². The van der Waals surface area contributed by atoms with Crippen molar-refractivity contribution in [3.63, 3.8) is 0 Å². The number of amides is 1. The summed E-state index contributed by atoms with van der Waals surface area (Å²) in [7, 11) is 0. The fourth-order valence-electron chi connectivity index (χ4n) is 5.33. The van der Waals surface area contributed by atoms with Crippen LogP contribution in [0.1, 0.15) is 64.4 Å². The summed E-state index contributed by atoms with van der Waals surface area (Å²) in [4.78, 5) is 27.4. The first-order chi connectivity index (χ1) is 18.5. The lowest BCUT2D eigenvalue weighted by Crippen LogP contribution is -2.42. The van der Waals surface area contributed by atoms with Crippen molar-refractivity contribution in [3.8, 4) is 5.75 Å². The zero-order chi connectivity index (χ0) is 26.5. The van der Waals surface area contributed by atoms with Gasteiger partial charge in [0.25, 0.3) is 5.91 Å². The molecule has 2 aliphatic rings. The summed E-state index contributed by atoms with van der Waals surface area (Å²) < 4.78 is 12.3. The molecule has 1 amide bonds. The van der Waals surface area contributed by atoms with Gasteiger partial charge in [0, 0.05) is 31.9 Å². The first-order valence-electron chi connectivity index (χ1n) is 13.3. The Morgan fingerprint density at radius 2 is 2.13 bits per heavy atom. The van der Waals surface area contributed by atoms with E-state index in [0.717, 1.165) is 47.5 Å². The number of nitrogens with one attached hydrogen (secondary N) is 1. The van der Waals surface area contributed by atoms with Gasteiger partial charge >= 0.3 is 0 Å². The molecule has 1 aliphatic carbocycles. The van der Waals surface area contributed by atoms with Gasteiger partial charge in [-0.15, -0.1) is 0 Å². The Morgan fingerprint density at radius 1 is 1.29 bits per heavy atom. The summed E-state index contributed by atoms with van der Waals surface area (Å²) in [5.41, 5.74) is 4.50. The van der Waals surface area contributed by atoms with Crippen LogP contribution in [0.2, 0.25) is 0 Å². The Labute approximate surface area is 231 Å². The fraction of sp³-hybridized carbons (Fsp3) is 0.500. The molecule has 0 saturated heterocycles. The maximum atomic E-state index is 12.7. The van der Waals surface area contributed by atoms with E-state index in [1.54, 1.807) is 6.07 Å². The van der Waals surface area contributed by atoms with Crippen molar-refractivity contribution < 1.29 is 19.1 Å². The van der Waals surface area contributed by atoms with E-state index < -0.39 is 6.10 Å². The summed E-state index contributed by atoms with van der Waals surface area (Å²) in [6.45, 7) is 4.37. The van der Waals surface area contributed by atoms with Crippen LogP contribution < -0.4 is 10.1 Å². The van der Waals surface area contributed by atoms with Gasteiger partial charge in [0.2, 0.25) is 0 Å². The van der Waals surface area contributed by atoms with Crippen LogP contribution in [-0.4, -0.2) is 56.6 Å². The van der Waals surface area contributed by atoms with Crippen LogP contribution in [0.5, 0.6) is 5.75 Å². The number of rotatable bonds is 10. The predicted octanol–water partition coefficient (Wildman–Crippen LogP) is 4.00. The molecule has 0 unspecified atom stereocenters. The van der Waals surface area contributed by atoms with Crippen molar-refractivity contribution in [2.24, 2.45) is 5.92 Å². The quantitative estimate of drug-likeness (QED) is 0.368. The Balaban J connectivity index is 1.10. The smallest absolute Gasteiger partial charge is 0.270 e. The number of ether oxygens (including phenoxy) is 1. The predicted molar refractivity (Wildman–Crippen MR) is 145 cm³/mol. The summed E-state index contributed by atoms with van der Waals surface area (Å²) in [6, 6.07) is 5.81. The van der Waals surface area contributed by atoms with Gasteiger partial charge in [-0.2, -0.15) is 0 Å². The average Bonchev–Trinajstić information content (AvgIpc) is 3.58. The molecule has 1 atom stereocenters. The third-order valence-electron chi connectivity index (χ3n) is 7.48. The van der Waals surface area contributed by atoms with Crippen molar-refractivity contribution in [2.45, 2.75) is 64.7 Å². The molecule has 2 N–H and O–H groups in total. The number of hydrogen-bond donors (Lipinski definition) is 2. The SMILES string of the molecule is Cc1ncoc1COc1ccc2c(c1Br)CCN(C[C@@H](O)CNC(=O)c1cc(CC3CCCC3)ncn1)C2. The molecule has 1 fully saturated rings. The van der Waals surface area contributed by atoms with Gasteiger partial charge in [-0.05, 0) is 64.9 Å². The normalized spacial score (nSPS) is 16.8. The number of aromatic nitrogens is 3. The van der Waals surface area contributed by atoms with Crippen LogP contribution in [0.3, 0.4) is 0 Å². The van der Waals surface area contributed by atoms with Gasteiger partial charge in [-0.3, -0.25) is 9.69 Å². The Morgan fingerprint density at radius 3 is 2.92 bits per heavy atom. The van der Waals surface area contributed by atoms with Gasteiger partial charge in [-0.1, -0.05) is 31.7 Å². The number of aliphatic hydroxyl groups is 1. The molecule has 1 saturated carbocycles. The van der Waals surface area contributed by atoms with E-state index in [9.17, 15) is 9.90 Å². The lowest BCUT2D eigenvalue weighted by atomic mass is 9.99. The molecule has 0 radical (unpaired) electrons.